The summed E-state index contributed by atoms with van der Waals surface area (Å²) in [6.07, 6.45) is 2.02. The van der Waals surface area contributed by atoms with E-state index in [1.807, 2.05) is 29.6 Å². The lowest BCUT2D eigenvalue weighted by Crippen LogP contribution is -2.30. The van der Waals surface area contributed by atoms with Gasteiger partial charge in [-0.15, -0.1) is 11.3 Å². The van der Waals surface area contributed by atoms with Crippen molar-refractivity contribution in [3.05, 3.63) is 65.8 Å². The Morgan fingerprint density at radius 3 is 2.61 bits per heavy atom. The van der Waals surface area contributed by atoms with Gasteiger partial charge < -0.3 is 9.47 Å². The van der Waals surface area contributed by atoms with Crippen molar-refractivity contribution >= 4 is 39.4 Å². The monoisotopic (exact) mass is 434 g/mol. The van der Waals surface area contributed by atoms with Crippen LogP contribution < -0.4 is 10.1 Å². The molecule has 0 bridgehead atoms. The van der Waals surface area contributed by atoms with Crippen molar-refractivity contribution in [3.8, 4) is 17.0 Å². The molecule has 0 saturated carbocycles. The zero-order valence-electron chi connectivity index (χ0n) is 16.7. The molecule has 0 radical (unpaired) electrons. The molecular formula is C22H18N4O4S. The molecule has 2 aromatic heterocycles. The summed E-state index contributed by atoms with van der Waals surface area (Å²) in [6, 6.07) is 12.5. The van der Waals surface area contributed by atoms with Crippen molar-refractivity contribution in [1.29, 1.82) is 0 Å². The van der Waals surface area contributed by atoms with Crippen LogP contribution in [0.1, 0.15) is 17.3 Å². The predicted molar refractivity (Wildman–Crippen MR) is 117 cm³/mol. The number of benzene rings is 2. The number of nitrogens with one attached hydrogen (secondary N) is 1. The maximum atomic E-state index is 12.6. The molecule has 1 amide bonds. The van der Waals surface area contributed by atoms with E-state index >= 15 is 0 Å². The molecule has 4 rings (SSSR count). The number of ether oxygens (including phenoxy) is 2. The summed E-state index contributed by atoms with van der Waals surface area (Å²) < 4.78 is 10.5. The molecule has 0 aliphatic carbocycles. The number of hydrogen-bond donors (Lipinski definition) is 1. The summed E-state index contributed by atoms with van der Waals surface area (Å²) >= 11 is 1.28. The molecule has 4 aromatic rings. The topological polar surface area (TPSA) is 103 Å². The van der Waals surface area contributed by atoms with Crippen LogP contribution in [-0.4, -0.2) is 40.0 Å². The Kier molecular flexibility index (Phi) is 5.85. The minimum absolute atomic E-state index is 0.251. The third kappa shape index (κ3) is 4.51. The smallest absolute Gasteiger partial charge is 0.341 e. The van der Waals surface area contributed by atoms with E-state index in [0.717, 1.165) is 17.0 Å². The number of anilines is 1. The number of rotatable bonds is 6. The van der Waals surface area contributed by atoms with E-state index in [9.17, 15) is 9.59 Å². The first-order valence-corrected chi connectivity index (χ1v) is 10.2. The van der Waals surface area contributed by atoms with Gasteiger partial charge in [0.2, 0.25) is 0 Å². The summed E-state index contributed by atoms with van der Waals surface area (Å²) in [5, 5.41) is 4.93. The van der Waals surface area contributed by atoms with Crippen molar-refractivity contribution < 1.29 is 19.1 Å². The number of nitrogens with zero attached hydrogens (tertiary/aromatic N) is 3. The van der Waals surface area contributed by atoms with Crippen LogP contribution in [0.2, 0.25) is 0 Å². The Morgan fingerprint density at radius 1 is 1.06 bits per heavy atom. The average molecular weight is 434 g/mol. The second-order valence-corrected chi connectivity index (χ2v) is 7.39. The second kappa shape index (κ2) is 8.88. The van der Waals surface area contributed by atoms with Crippen LogP contribution in [0.3, 0.4) is 0 Å². The van der Waals surface area contributed by atoms with Gasteiger partial charge in [-0.1, -0.05) is 6.07 Å². The molecule has 0 fully saturated rings. The lowest BCUT2D eigenvalue weighted by atomic mass is 10.2. The van der Waals surface area contributed by atoms with Crippen molar-refractivity contribution in [2.45, 2.75) is 13.0 Å². The normalized spacial score (nSPS) is 11.7. The summed E-state index contributed by atoms with van der Waals surface area (Å²) in [6.45, 7) is 1.50. The van der Waals surface area contributed by atoms with Gasteiger partial charge in [-0.05, 0) is 43.3 Å². The van der Waals surface area contributed by atoms with Crippen molar-refractivity contribution in [2.75, 3.05) is 12.4 Å². The summed E-state index contributed by atoms with van der Waals surface area (Å²) in [5.41, 5.74) is 2.87. The minimum atomic E-state index is -1.02. The molecule has 8 nitrogen and oxygen atoms in total. The lowest BCUT2D eigenvalue weighted by Gasteiger charge is -2.13. The fraction of sp³-hybridized carbons (Fsp3) is 0.136. The molecule has 0 aliphatic rings. The minimum Gasteiger partial charge on any atom is -0.497 e. The van der Waals surface area contributed by atoms with E-state index in [0.29, 0.717) is 16.2 Å². The van der Waals surface area contributed by atoms with Crippen LogP contribution in [-0.2, 0) is 9.53 Å². The highest BCUT2D eigenvalue weighted by molar-refractivity contribution is 7.14. The molecule has 31 heavy (non-hydrogen) atoms. The molecule has 1 unspecified atom stereocenters. The quantitative estimate of drug-likeness (QED) is 0.458. The maximum absolute atomic E-state index is 12.6. The Bertz CT molecular complexity index is 1230. The molecule has 9 heteroatoms. The van der Waals surface area contributed by atoms with E-state index in [-0.39, 0.29) is 5.56 Å². The lowest BCUT2D eigenvalue weighted by molar-refractivity contribution is -0.123. The number of methoxy groups -OCH3 is 1. The molecule has 2 heterocycles. The standard InChI is InChI=1S/C22H18N4O4S/c1-13(30-21(28)16-4-3-5-17-19(16)24-11-10-23-17)20(27)26-22-25-18(12-31-22)14-6-8-15(29-2)9-7-14/h3-13H,1-2H3,(H,25,26,27). The number of esters is 1. The Balaban J connectivity index is 1.41. The number of hydrogen-bond acceptors (Lipinski definition) is 8. The van der Waals surface area contributed by atoms with Crippen molar-refractivity contribution in [3.63, 3.8) is 0 Å². The van der Waals surface area contributed by atoms with Gasteiger partial charge in [-0.25, -0.2) is 9.78 Å². The SMILES string of the molecule is COc1ccc(-c2csc(NC(=O)C(C)OC(=O)c3cccc4nccnc34)n2)cc1. The fourth-order valence-electron chi connectivity index (χ4n) is 2.87. The largest absolute Gasteiger partial charge is 0.497 e. The second-order valence-electron chi connectivity index (χ2n) is 6.53. The molecule has 0 aliphatic heterocycles. The van der Waals surface area contributed by atoms with Gasteiger partial charge in [-0.3, -0.25) is 20.1 Å². The van der Waals surface area contributed by atoms with E-state index < -0.39 is 18.0 Å². The van der Waals surface area contributed by atoms with Gasteiger partial charge in [0.15, 0.2) is 11.2 Å². The number of para-hydroxylation sites is 1. The zero-order valence-corrected chi connectivity index (χ0v) is 17.6. The molecule has 2 aromatic carbocycles. The summed E-state index contributed by atoms with van der Waals surface area (Å²) in [4.78, 5) is 37.9. The zero-order chi connectivity index (χ0) is 21.8. The van der Waals surface area contributed by atoms with E-state index in [4.69, 9.17) is 9.47 Å². The number of fused-ring (bicyclic) bond motifs is 1. The number of carbonyl (C=O) groups excluding carboxylic acids is 2. The molecule has 0 saturated heterocycles. The molecule has 1 atom stereocenters. The highest BCUT2D eigenvalue weighted by Gasteiger charge is 2.22. The summed E-state index contributed by atoms with van der Waals surface area (Å²) in [7, 11) is 1.60. The number of carbonyl (C=O) groups is 2. The van der Waals surface area contributed by atoms with Gasteiger partial charge in [0.1, 0.15) is 11.3 Å². The Morgan fingerprint density at radius 2 is 1.84 bits per heavy atom. The van der Waals surface area contributed by atoms with Crippen LogP contribution in [0, 0.1) is 0 Å². The van der Waals surface area contributed by atoms with Crippen LogP contribution in [0.25, 0.3) is 22.3 Å². The number of aromatic nitrogens is 3. The van der Waals surface area contributed by atoms with Gasteiger partial charge in [0.25, 0.3) is 5.91 Å². The molecule has 156 valence electrons. The number of amides is 1. The fourth-order valence-corrected chi connectivity index (χ4v) is 3.59. The van der Waals surface area contributed by atoms with Gasteiger partial charge in [0.05, 0.1) is 23.9 Å². The van der Waals surface area contributed by atoms with Gasteiger partial charge >= 0.3 is 5.97 Å². The van der Waals surface area contributed by atoms with Crippen LogP contribution in [0.4, 0.5) is 5.13 Å². The van der Waals surface area contributed by atoms with Gasteiger partial charge in [0, 0.05) is 23.3 Å². The van der Waals surface area contributed by atoms with Crippen LogP contribution >= 0.6 is 11.3 Å². The van der Waals surface area contributed by atoms with Crippen molar-refractivity contribution in [2.24, 2.45) is 0 Å². The highest BCUT2D eigenvalue weighted by atomic mass is 32.1. The van der Waals surface area contributed by atoms with Crippen LogP contribution in [0.15, 0.2) is 60.2 Å². The molecule has 1 N–H and O–H groups in total. The number of thiazole rings is 1. The first-order chi connectivity index (χ1) is 15.0. The average Bonchev–Trinajstić information content (AvgIpc) is 3.27. The molecular weight excluding hydrogens is 416 g/mol. The van der Waals surface area contributed by atoms with E-state index in [1.165, 1.54) is 24.5 Å². The van der Waals surface area contributed by atoms with Crippen LogP contribution in [0.5, 0.6) is 5.75 Å². The van der Waals surface area contributed by atoms with E-state index in [1.54, 1.807) is 31.5 Å². The van der Waals surface area contributed by atoms with Crippen molar-refractivity contribution in [1.82, 2.24) is 15.0 Å². The molecule has 0 spiro atoms. The van der Waals surface area contributed by atoms with E-state index in [2.05, 4.69) is 20.3 Å². The Labute approximate surface area is 181 Å². The third-order valence-electron chi connectivity index (χ3n) is 4.49. The first kappa shape index (κ1) is 20.4. The van der Waals surface area contributed by atoms with Gasteiger partial charge in [-0.2, -0.15) is 0 Å². The Hall–Kier alpha value is -3.85. The predicted octanol–water partition coefficient (Wildman–Crippen LogP) is 3.95. The highest BCUT2D eigenvalue weighted by Crippen LogP contribution is 2.26. The third-order valence-corrected chi connectivity index (χ3v) is 5.25. The summed E-state index contributed by atoms with van der Waals surface area (Å²) in [5.74, 6) is -0.373. The first-order valence-electron chi connectivity index (χ1n) is 9.36. The maximum Gasteiger partial charge on any atom is 0.341 e.